The summed E-state index contributed by atoms with van der Waals surface area (Å²) < 4.78 is 7.90. The monoisotopic (exact) mass is 506 g/mol. The molecule has 1 aromatic carbocycles. The van der Waals surface area contributed by atoms with Gasteiger partial charge in [-0.1, -0.05) is 60.4 Å². The third-order valence-corrected chi connectivity index (χ3v) is 7.46. The Bertz CT molecular complexity index is 1360. The Labute approximate surface area is 213 Å². The fourth-order valence-electron chi connectivity index (χ4n) is 4.52. The number of nitrogens with zero attached hydrogens (tertiary/aromatic N) is 4. The van der Waals surface area contributed by atoms with E-state index in [1.165, 1.54) is 16.2 Å². The lowest BCUT2D eigenvalue weighted by Crippen LogP contribution is -2.46. The van der Waals surface area contributed by atoms with E-state index in [9.17, 15) is 9.59 Å². The minimum absolute atomic E-state index is 0.00109. The van der Waals surface area contributed by atoms with E-state index < -0.39 is 0 Å². The van der Waals surface area contributed by atoms with Gasteiger partial charge in [0.1, 0.15) is 15.8 Å². The Morgan fingerprint density at radius 3 is 2.54 bits per heavy atom. The van der Waals surface area contributed by atoms with Crippen molar-refractivity contribution in [3.8, 4) is 0 Å². The number of amides is 1. The van der Waals surface area contributed by atoms with Gasteiger partial charge in [-0.05, 0) is 44.0 Å². The number of benzene rings is 1. The maximum absolute atomic E-state index is 13.6. The molecule has 9 heteroatoms. The van der Waals surface area contributed by atoms with Gasteiger partial charge >= 0.3 is 0 Å². The average Bonchev–Trinajstić information content (AvgIpc) is 3.11. The van der Waals surface area contributed by atoms with E-state index in [2.05, 4.69) is 4.90 Å². The lowest BCUT2D eigenvalue weighted by molar-refractivity contribution is -0.122. The molecule has 2 atom stereocenters. The first-order chi connectivity index (χ1) is 16.9. The van der Waals surface area contributed by atoms with Crippen LogP contribution in [0.2, 0.25) is 0 Å². The molecule has 7 nitrogen and oxygen atoms in total. The number of hydrogen-bond donors (Lipinski definition) is 0. The molecule has 2 saturated heterocycles. The van der Waals surface area contributed by atoms with E-state index >= 15 is 0 Å². The summed E-state index contributed by atoms with van der Waals surface area (Å²) in [5.41, 5.74) is 1.87. The number of morpholine rings is 1. The quantitative estimate of drug-likeness (QED) is 0.386. The smallest absolute Gasteiger partial charge is 0.267 e. The molecular weight excluding hydrogens is 480 g/mol. The van der Waals surface area contributed by atoms with E-state index in [1.54, 1.807) is 23.2 Å². The van der Waals surface area contributed by atoms with Gasteiger partial charge in [-0.3, -0.25) is 18.9 Å². The summed E-state index contributed by atoms with van der Waals surface area (Å²) >= 11 is 6.76. The van der Waals surface area contributed by atoms with Crippen LogP contribution in [0.3, 0.4) is 0 Å². The predicted octanol–water partition coefficient (Wildman–Crippen LogP) is 3.75. The first kappa shape index (κ1) is 23.7. The van der Waals surface area contributed by atoms with Gasteiger partial charge in [0, 0.05) is 25.8 Å². The maximum Gasteiger partial charge on any atom is 0.267 e. The Hall–Kier alpha value is -3.01. The average molecular weight is 507 g/mol. The number of thiocarbonyl (C=S) groups is 1. The topological polar surface area (TPSA) is 67.2 Å². The van der Waals surface area contributed by atoms with Crippen LogP contribution in [-0.2, 0) is 16.0 Å². The van der Waals surface area contributed by atoms with Crippen molar-refractivity contribution in [1.29, 1.82) is 0 Å². The van der Waals surface area contributed by atoms with Crippen LogP contribution < -0.4 is 10.5 Å². The molecule has 2 aromatic heterocycles. The van der Waals surface area contributed by atoms with Gasteiger partial charge in [-0.15, -0.1) is 0 Å². The molecule has 0 aliphatic carbocycles. The molecule has 2 aliphatic rings. The van der Waals surface area contributed by atoms with Crippen LogP contribution in [0.5, 0.6) is 0 Å². The highest BCUT2D eigenvalue weighted by molar-refractivity contribution is 8.26. The van der Waals surface area contributed by atoms with Crippen molar-refractivity contribution in [2.24, 2.45) is 0 Å². The Morgan fingerprint density at radius 2 is 1.80 bits per heavy atom. The standard InChI is InChI=1S/C26H26N4O3S2/c1-17-15-28(16-18(2)33-17)23-20(24(31)29-12-7-6-10-22(29)27-23)14-21-25(32)30(26(34)35-21)13-11-19-8-4-3-5-9-19/h3-10,12,14,17-18H,11,13,15-16H2,1-2H3. The predicted molar refractivity (Wildman–Crippen MR) is 144 cm³/mol. The number of thioether (sulfide) groups is 1. The van der Waals surface area contributed by atoms with Crippen molar-refractivity contribution in [2.45, 2.75) is 32.5 Å². The number of ether oxygens (including phenoxy) is 1. The van der Waals surface area contributed by atoms with E-state index in [0.717, 1.165) is 5.56 Å². The first-order valence-corrected chi connectivity index (χ1v) is 12.8. The zero-order valence-corrected chi connectivity index (χ0v) is 21.2. The second-order valence-electron chi connectivity index (χ2n) is 8.81. The minimum atomic E-state index is -0.216. The molecule has 0 bridgehead atoms. The summed E-state index contributed by atoms with van der Waals surface area (Å²) in [5, 5.41) is 0. The zero-order chi connectivity index (χ0) is 24.5. The molecule has 0 spiro atoms. The molecule has 180 valence electrons. The minimum Gasteiger partial charge on any atom is -0.372 e. The molecule has 4 heterocycles. The summed E-state index contributed by atoms with van der Waals surface area (Å²) in [5.74, 6) is 0.390. The Morgan fingerprint density at radius 1 is 1.09 bits per heavy atom. The number of hydrogen-bond acceptors (Lipinski definition) is 7. The highest BCUT2D eigenvalue weighted by Gasteiger charge is 2.33. The number of rotatable bonds is 5. The summed E-state index contributed by atoms with van der Waals surface area (Å²) in [4.78, 5) is 35.8. The molecule has 2 aliphatic heterocycles. The van der Waals surface area contributed by atoms with Crippen molar-refractivity contribution in [3.05, 3.63) is 81.1 Å². The lowest BCUT2D eigenvalue weighted by Gasteiger charge is -2.36. The van der Waals surface area contributed by atoms with Gasteiger partial charge in [0.2, 0.25) is 0 Å². The molecular formula is C26H26N4O3S2. The second kappa shape index (κ2) is 9.93. The van der Waals surface area contributed by atoms with Gasteiger partial charge in [0.15, 0.2) is 0 Å². The fourth-order valence-corrected chi connectivity index (χ4v) is 5.81. The number of carbonyl (C=O) groups is 1. The lowest BCUT2D eigenvalue weighted by atomic mass is 10.1. The van der Waals surface area contributed by atoms with Crippen LogP contribution in [0.4, 0.5) is 5.82 Å². The van der Waals surface area contributed by atoms with Gasteiger partial charge < -0.3 is 9.64 Å². The van der Waals surface area contributed by atoms with Gasteiger partial charge in [-0.2, -0.15) is 0 Å². The number of anilines is 1. The Kier molecular flexibility index (Phi) is 6.73. The normalized spacial score (nSPS) is 21.9. The molecule has 5 rings (SSSR count). The van der Waals surface area contributed by atoms with Crippen LogP contribution in [0.15, 0.2) is 64.4 Å². The molecule has 3 aromatic rings. The molecule has 2 fully saturated rings. The molecule has 35 heavy (non-hydrogen) atoms. The third-order valence-electron chi connectivity index (χ3n) is 6.08. The first-order valence-electron chi connectivity index (χ1n) is 11.6. The second-order valence-corrected chi connectivity index (χ2v) is 10.5. The Balaban J connectivity index is 1.51. The number of carbonyl (C=O) groups excluding carboxylic acids is 1. The largest absolute Gasteiger partial charge is 0.372 e. The summed E-state index contributed by atoms with van der Waals surface area (Å²) in [6.45, 7) is 5.73. The van der Waals surface area contributed by atoms with Crippen molar-refractivity contribution < 1.29 is 9.53 Å². The highest BCUT2D eigenvalue weighted by atomic mass is 32.2. The van der Waals surface area contributed by atoms with Crippen LogP contribution in [0.1, 0.15) is 25.0 Å². The van der Waals surface area contributed by atoms with Crippen molar-refractivity contribution in [1.82, 2.24) is 14.3 Å². The highest BCUT2D eigenvalue weighted by Crippen LogP contribution is 2.34. The maximum atomic E-state index is 13.6. The summed E-state index contributed by atoms with van der Waals surface area (Å²) in [6.07, 6.45) is 4.06. The van der Waals surface area contributed by atoms with Crippen LogP contribution >= 0.6 is 24.0 Å². The van der Waals surface area contributed by atoms with E-state index in [0.29, 0.717) is 52.3 Å². The van der Waals surface area contributed by atoms with E-state index in [1.807, 2.05) is 56.3 Å². The van der Waals surface area contributed by atoms with E-state index in [-0.39, 0.29) is 23.7 Å². The number of aromatic nitrogens is 2. The molecule has 2 unspecified atom stereocenters. The van der Waals surface area contributed by atoms with Crippen LogP contribution in [0, 0.1) is 0 Å². The van der Waals surface area contributed by atoms with Crippen molar-refractivity contribution >= 4 is 51.7 Å². The fraction of sp³-hybridized carbons (Fsp3) is 0.308. The number of pyridine rings is 1. The third kappa shape index (κ3) is 4.89. The molecule has 0 N–H and O–H groups in total. The van der Waals surface area contributed by atoms with E-state index in [4.69, 9.17) is 21.9 Å². The molecule has 1 amide bonds. The summed E-state index contributed by atoms with van der Waals surface area (Å²) in [7, 11) is 0. The van der Waals surface area contributed by atoms with Gasteiger partial charge in [-0.25, -0.2) is 4.98 Å². The molecule has 0 saturated carbocycles. The zero-order valence-electron chi connectivity index (χ0n) is 19.6. The van der Waals surface area contributed by atoms with Gasteiger partial charge in [0.25, 0.3) is 11.5 Å². The number of fused-ring (bicyclic) bond motifs is 1. The van der Waals surface area contributed by atoms with Crippen LogP contribution in [0.25, 0.3) is 11.7 Å². The van der Waals surface area contributed by atoms with Crippen molar-refractivity contribution in [2.75, 3.05) is 24.5 Å². The SMILES string of the molecule is CC1CN(c2nc3ccccn3c(=O)c2C=C2SC(=S)N(CCc3ccccc3)C2=O)CC(C)O1. The van der Waals surface area contributed by atoms with Crippen molar-refractivity contribution in [3.63, 3.8) is 0 Å². The summed E-state index contributed by atoms with van der Waals surface area (Å²) in [6, 6.07) is 15.5. The van der Waals surface area contributed by atoms with Gasteiger partial charge in [0.05, 0.1) is 22.7 Å². The molecule has 0 radical (unpaired) electrons. The van der Waals surface area contributed by atoms with Crippen LogP contribution in [-0.4, -0.2) is 56.4 Å².